The summed E-state index contributed by atoms with van der Waals surface area (Å²) < 4.78 is 11.8. The molecule has 0 N–H and O–H groups in total. The fourth-order valence-electron chi connectivity index (χ4n) is 2.50. The predicted octanol–water partition coefficient (Wildman–Crippen LogP) is 6.59. The number of hydrogen-bond donors (Lipinski definition) is 0. The molecule has 0 fully saturated rings. The van der Waals surface area contributed by atoms with Crippen molar-refractivity contribution >= 4 is 7.28 Å². The Kier molecular flexibility index (Phi) is 5.70. The maximum absolute atomic E-state index is 6.63. The molecule has 2 rings (SSSR count). The lowest BCUT2D eigenvalue weighted by Gasteiger charge is -2.37. The van der Waals surface area contributed by atoms with Crippen LogP contribution in [0.5, 0.6) is 5.75 Å². The van der Waals surface area contributed by atoms with Crippen molar-refractivity contribution < 1.29 is 4.52 Å². The minimum absolute atomic E-state index is 0.0248. The monoisotopic (exact) mass is 329 g/mol. The summed E-state index contributed by atoms with van der Waals surface area (Å²) in [6.45, 7) is 11.0. The van der Waals surface area contributed by atoms with E-state index in [1.54, 1.807) is 0 Å². The van der Waals surface area contributed by atoms with E-state index in [2.05, 4.69) is 65.0 Å². The lowest BCUT2D eigenvalue weighted by Crippen LogP contribution is -2.21. The smallest absolute Gasteiger partial charge is 0.143 e. The first kappa shape index (κ1) is 17.8. The van der Waals surface area contributed by atoms with Gasteiger partial charge < -0.3 is 4.52 Å². The van der Waals surface area contributed by atoms with Gasteiger partial charge in [0, 0.05) is 17.4 Å². The summed E-state index contributed by atoms with van der Waals surface area (Å²) in [7, 11) is -2.05. The van der Waals surface area contributed by atoms with Crippen LogP contribution in [0.4, 0.5) is 0 Å². The molecule has 0 aliphatic carbocycles. The maximum atomic E-state index is 6.63. The van der Waals surface area contributed by atoms with Crippen LogP contribution >= 0.6 is 7.28 Å². The Morgan fingerprint density at radius 1 is 0.913 bits per heavy atom. The molecule has 2 aromatic rings. The Morgan fingerprint density at radius 3 is 1.91 bits per heavy atom. The molecule has 23 heavy (non-hydrogen) atoms. The highest BCUT2D eigenvalue weighted by Gasteiger charge is 2.37. The van der Waals surface area contributed by atoms with E-state index in [9.17, 15) is 0 Å². The summed E-state index contributed by atoms with van der Waals surface area (Å²) in [4.78, 5) is 0. The summed E-state index contributed by atoms with van der Waals surface area (Å²) >= 11 is 0. The normalized spacial score (nSPS) is 14.3. The van der Waals surface area contributed by atoms with E-state index >= 15 is 0 Å². The summed E-state index contributed by atoms with van der Waals surface area (Å²) in [5.74, 6) is 0.913. The van der Waals surface area contributed by atoms with Crippen LogP contribution in [0, 0.1) is 0 Å². The molecule has 0 aromatic heterocycles. The molecule has 1 atom stereocenters. The first-order valence-corrected chi connectivity index (χ1v) is 10.1. The molecule has 0 spiro atoms. The van der Waals surface area contributed by atoms with E-state index in [0.717, 1.165) is 11.9 Å². The van der Waals surface area contributed by atoms with E-state index < -0.39 is 7.28 Å². The molecule has 0 aliphatic heterocycles. The molecular formula is C20H28NOP. The second-order valence-electron chi connectivity index (χ2n) is 7.13. The molecule has 1 unspecified atom stereocenters. The zero-order chi connectivity index (χ0) is 16.9. The van der Waals surface area contributed by atoms with Crippen molar-refractivity contribution in [2.24, 2.45) is 4.74 Å². The molecule has 2 nitrogen and oxygen atoms in total. The molecule has 0 amide bonds. The Bertz CT molecular complexity index is 612. The zero-order valence-electron chi connectivity index (χ0n) is 14.9. The van der Waals surface area contributed by atoms with Crippen LogP contribution in [0.25, 0.3) is 0 Å². The van der Waals surface area contributed by atoms with Crippen LogP contribution in [0.2, 0.25) is 0 Å². The molecule has 0 aliphatic rings. The lowest BCUT2D eigenvalue weighted by atomic mass is 10.2. The second kappa shape index (κ2) is 7.36. The average molecular weight is 329 g/mol. The highest BCUT2D eigenvalue weighted by molar-refractivity contribution is 7.62. The number of hydrogen-bond acceptors (Lipinski definition) is 2. The fraction of sp³-hybridized carbons (Fsp3) is 0.400. The number of rotatable bonds is 5. The molecule has 2 aromatic carbocycles. The number of benzene rings is 2. The van der Waals surface area contributed by atoms with Gasteiger partial charge in [0.25, 0.3) is 0 Å². The van der Waals surface area contributed by atoms with E-state index in [4.69, 9.17) is 9.27 Å². The topological polar surface area (TPSA) is 21.6 Å². The van der Waals surface area contributed by atoms with Crippen molar-refractivity contribution in [1.82, 2.24) is 0 Å². The van der Waals surface area contributed by atoms with E-state index in [0.29, 0.717) is 0 Å². The Hall–Kier alpha value is -1.53. The third kappa shape index (κ3) is 4.72. The van der Waals surface area contributed by atoms with Gasteiger partial charge in [0.05, 0.1) is 0 Å². The first-order chi connectivity index (χ1) is 10.8. The van der Waals surface area contributed by atoms with Gasteiger partial charge in [-0.25, -0.2) is 0 Å². The van der Waals surface area contributed by atoms with E-state index in [1.165, 1.54) is 5.56 Å². The van der Waals surface area contributed by atoms with Gasteiger partial charge in [-0.1, -0.05) is 69.3 Å². The van der Waals surface area contributed by atoms with Crippen molar-refractivity contribution in [3.8, 4) is 5.75 Å². The van der Waals surface area contributed by atoms with Crippen LogP contribution in [0.1, 0.15) is 40.2 Å². The van der Waals surface area contributed by atoms with Crippen LogP contribution < -0.4 is 4.52 Å². The fourth-order valence-corrected chi connectivity index (χ4v) is 5.71. The molecular weight excluding hydrogens is 301 g/mol. The Labute approximate surface area is 141 Å². The van der Waals surface area contributed by atoms with Crippen molar-refractivity contribution in [2.45, 2.75) is 52.0 Å². The first-order valence-electron chi connectivity index (χ1n) is 8.21. The van der Waals surface area contributed by atoms with Crippen LogP contribution in [-0.4, -0.2) is 11.2 Å². The van der Waals surface area contributed by atoms with Gasteiger partial charge in [-0.15, -0.1) is 0 Å². The van der Waals surface area contributed by atoms with Gasteiger partial charge in [0.15, 0.2) is 0 Å². The van der Waals surface area contributed by atoms with E-state index in [-0.39, 0.29) is 11.2 Å². The highest BCUT2D eigenvalue weighted by atomic mass is 31.2. The van der Waals surface area contributed by atoms with Gasteiger partial charge in [0.1, 0.15) is 13.0 Å². The maximum Gasteiger partial charge on any atom is 0.143 e. The van der Waals surface area contributed by atoms with Crippen molar-refractivity contribution in [3.05, 3.63) is 66.2 Å². The van der Waals surface area contributed by atoms with Gasteiger partial charge >= 0.3 is 0 Å². The van der Waals surface area contributed by atoms with Gasteiger partial charge in [0.2, 0.25) is 0 Å². The Morgan fingerprint density at radius 2 is 1.43 bits per heavy atom. The molecule has 0 bridgehead atoms. The molecule has 0 radical (unpaired) electrons. The number of nitrogens with zero attached hydrogens (tertiary/aromatic N) is 1. The lowest BCUT2D eigenvalue weighted by molar-refractivity contribution is 0.550. The Balaban J connectivity index is 2.51. The summed E-state index contributed by atoms with van der Waals surface area (Å²) in [6.07, 6.45) is 0.865. The molecule has 0 saturated heterocycles. The minimum Gasteiger partial charge on any atom is -0.459 e. The third-order valence-corrected chi connectivity index (χ3v) is 7.94. The molecule has 0 heterocycles. The van der Waals surface area contributed by atoms with Gasteiger partial charge in [-0.3, -0.25) is 4.74 Å². The molecule has 3 heteroatoms. The van der Waals surface area contributed by atoms with Crippen LogP contribution in [-0.2, 0) is 6.16 Å². The average Bonchev–Trinajstić information content (AvgIpc) is 2.47. The van der Waals surface area contributed by atoms with Crippen LogP contribution in [0.15, 0.2) is 65.4 Å². The highest BCUT2D eigenvalue weighted by Crippen LogP contribution is 2.63. The SMILES string of the molecule is CC(C)N=P(Cc1ccccc1)(Oc1ccccc1)C(C)(C)C. The molecule has 0 saturated carbocycles. The van der Waals surface area contributed by atoms with E-state index in [1.807, 2.05) is 30.3 Å². The van der Waals surface area contributed by atoms with Gasteiger partial charge in [-0.2, -0.15) is 0 Å². The second-order valence-corrected chi connectivity index (χ2v) is 10.6. The number of para-hydroxylation sites is 1. The standard InChI is InChI=1S/C20H28NOP/c1-17(2)21-23(20(3,4)5,16-18-12-8-6-9-13-18)22-19-14-10-7-11-15-19/h6-15,17H,16H2,1-5H3. The third-order valence-electron chi connectivity index (χ3n) is 3.71. The largest absolute Gasteiger partial charge is 0.459 e. The quantitative estimate of drug-likeness (QED) is 0.567. The summed E-state index contributed by atoms with van der Waals surface area (Å²) in [5, 5.41) is -0.0248. The summed E-state index contributed by atoms with van der Waals surface area (Å²) in [5.41, 5.74) is 1.29. The van der Waals surface area contributed by atoms with Crippen LogP contribution in [0.3, 0.4) is 0 Å². The minimum atomic E-state index is -2.05. The van der Waals surface area contributed by atoms with Gasteiger partial charge in [-0.05, 0) is 31.5 Å². The van der Waals surface area contributed by atoms with Crippen molar-refractivity contribution in [1.29, 1.82) is 0 Å². The zero-order valence-corrected chi connectivity index (χ0v) is 15.8. The van der Waals surface area contributed by atoms with Crippen molar-refractivity contribution in [3.63, 3.8) is 0 Å². The van der Waals surface area contributed by atoms with Crippen molar-refractivity contribution in [2.75, 3.05) is 0 Å². The predicted molar refractivity (Wildman–Crippen MR) is 101 cm³/mol. The molecule has 124 valence electrons. The summed E-state index contributed by atoms with van der Waals surface area (Å²) in [6, 6.07) is 20.9.